The number of carbonyl (C=O) groups excluding carboxylic acids is 1. The van der Waals surface area contributed by atoms with Gasteiger partial charge in [-0.05, 0) is 13.0 Å². The number of pyridine rings is 1. The van der Waals surface area contributed by atoms with Gasteiger partial charge in [-0.25, -0.2) is 0 Å². The van der Waals surface area contributed by atoms with E-state index in [1.54, 1.807) is 6.92 Å². The van der Waals surface area contributed by atoms with Crippen LogP contribution in [0.5, 0.6) is 0 Å². The van der Waals surface area contributed by atoms with Gasteiger partial charge in [0.25, 0.3) is 5.91 Å². The molecule has 0 bridgehead atoms. The fraction of sp³-hybridized carbons (Fsp3) is 0.182. The van der Waals surface area contributed by atoms with E-state index in [0.29, 0.717) is 5.69 Å². The van der Waals surface area contributed by atoms with Crippen molar-refractivity contribution in [3.8, 4) is 0 Å². The highest BCUT2D eigenvalue weighted by atomic mass is 19.4. The number of hydrogen-bond donors (Lipinski definition) is 1. The normalized spacial score (nSPS) is 11.4. The molecular formula is C11H8F3N3O2. The average Bonchev–Trinajstić information content (AvgIpc) is 2.74. The minimum atomic E-state index is -4.63. The van der Waals surface area contributed by atoms with Gasteiger partial charge >= 0.3 is 6.18 Å². The van der Waals surface area contributed by atoms with Crippen molar-refractivity contribution in [3.05, 3.63) is 41.5 Å². The zero-order chi connectivity index (χ0) is 14.0. The molecule has 1 N–H and O–H groups in total. The molecule has 0 spiro atoms. The Morgan fingerprint density at radius 2 is 2.16 bits per heavy atom. The molecule has 2 aromatic heterocycles. The van der Waals surface area contributed by atoms with E-state index in [2.05, 4.69) is 20.0 Å². The van der Waals surface area contributed by atoms with Crippen molar-refractivity contribution in [1.82, 2.24) is 10.1 Å². The molecule has 0 saturated carbocycles. The number of carbonyl (C=O) groups is 1. The smallest absolute Gasteiger partial charge is 0.362 e. The first kappa shape index (κ1) is 13.1. The Hall–Kier alpha value is -2.38. The molecule has 5 nitrogen and oxygen atoms in total. The van der Waals surface area contributed by atoms with Crippen molar-refractivity contribution in [3.63, 3.8) is 0 Å². The van der Waals surface area contributed by atoms with E-state index in [0.717, 1.165) is 24.7 Å². The van der Waals surface area contributed by atoms with E-state index >= 15 is 0 Å². The highest BCUT2D eigenvalue weighted by Gasteiger charge is 2.35. The molecule has 0 radical (unpaired) electrons. The molecule has 0 atom stereocenters. The largest absolute Gasteiger partial charge is 0.417 e. The predicted molar refractivity (Wildman–Crippen MR) is 58.4 cm³/mol. The molecule has 19 heavy (non-hydrogen) atoms. The van der Waals surface area contributed by atoms with Gasteiger partial charge in [-0.1, -0.05) is 5.16 Å². The van der Waals surface area contributed by atoms with E-state index in [1.165, 1.54) is 0 Å². The van der Waals surface area contributed by atoms with Gasteiger partial charge in [0.15, 0.2) is 0 Å². The maximum Gasteiger partial charge on any atom is 0.417 e. The maximum absolute atomic E-state index is 12.7. The Kier molecular flexibility index (Phi) is 3.24. The molecule has 0 saturated heterocycles. The number of hydrogen-bond acceptors (Lipinski definition) is 4. The summed E-state index contributed by atoms with van der Waals surface area (Å²) < 4.78 is 42.8. The summed E-state index contributed by atoms with van der Waals surface area (Å²) in [5.41, 5.74) is -1.03. The van der Waals surface area contributed by atoms with Crippen molar-refractivity contribution >= 4 is 11.6 Å². The molecule has 0 aliphatic heterocycles. The number of anilines is 1. The van der Waals surface area contributed by atoms with Gasteiger partial charge in [-0.3, -0.25) is 9.78 Å². The molecule has 2 rings (SSSR count). The van der Waals surface area contributed by atoms with Crippen LogP contribution in [0.1, 0.15) is 21.6 Å². The van der Waals surface area contributed by atoms with Gasteiger partial charge < -0.3 is 9.84 Å². The minimum Gasteiger partial charge on any atom is -0.362 e. The van der Waals surface area contributed by atoms with Crippen LogP contribution in [-0.2, 0) is 6.18 Å². The van der Waals surface area contributed by atoms with Crippen LogP contribution in [-0.4, -0.2) is 16.0 Å². The Morgan fingerprint density at radius 1 is 1.42 bits per heavy atom. The molecule has 0 unspecified atom stereocenters. The molecule has 2 heterocycles. The van der Waals surface area contributed by atoms with E-state index in [-0.39, 0.29) is 5.69 Å². The summed E-state index contributed by atoms with van der Waals surface area (Å²) in [7, 11) is 0. The molecule has 2 aromatic rings. The fourth-order valence-corrected chi connectivity index (χ4v) is 1.42. The van der Waals surface area contributed by atoms with Crippen LogP contribution in [0.3, 0.4) is 0 Å². The number of aryl methyl sites for hydroxylation is 1. The molecule has 0 aliphatic carbocycles. The topological polar surface area (TPSA) is 68.0 Å². The van der Waals surface area contributed by atoms with Crippen LogP contribution in [0.2, 0.25) is 0 Å². The molecule has 0 fully saturated rings. The highest BCUT2D eigenvalue weighted by molar-refractivity contribution is 6.05. The van der Waals surface area contributed by atoms with Crippen LogP contribution >= 0.6 is 0 Å². The monoisotopic (exact) mass is 271 g/mol. The van der Waals surface area contributed by atoms with Crippen LogP contribution in [0.15, 0.2) is 29.2 Å². The molecular weight excluding hydrogens is 263 g/mol. The summed E-state index contributed by atoms with van der Waals surface area (Å²) in [6, 6.07) is 0.745. The number of halogens is 3. The third-order valence-corrected chi connectivity index (χ3v) is 2.37. The Balaban J connectivity index is 2.32. The van der Waals surface area contributed by atoms with Crippen LogP contribution in [0.25, 0.3) is 0 Å². The van der Waals surface area contributed by atoms with Crippen molar-refractivity contribution < 1.29 is 22.5 Å². The van der Waals surface area contributed by atoms with Crippen molar-refractivity contribution in [2.45, 2.75) is 13.1 Å². The highest BCUT2D eigenvalue weighted by Crippen LogP contribution is 2.31. The lowest BCUT2D eigenvalue weighted by Gasteiger charge is -2.11. The maximum atomic E-state index is 12.7. The van der Waals surface area contributed by atoms with Crippen molar-refractivity contribution in [2.24, 2.45) is 0 Å². The van der Waals surface area contributed by atoms with Crippen molar-refractivity contribution in [2.75, 3.05) is 5.32 Å². The summed E-state index contributed by atoms with van der Waals surface area (Å²) in [6.45, 7) is 1.55. The third kappa shape index (κ3) is 2.72. The lowest BCUT2D eigenvalue weighted by molar-refractivity contribution is -0.137. The lowest BCUT2D eigenvalue weighted by atomic mass is 10.1. The van der Waals surface area contributed by atoms with E-state index in [1.807, 2.05) is 0 Å². The van der Waals surface area contributed by atoms with Gasteiger partial charge in [0.05, 0.1) is 11.1 Å². The number of amides is 1. The lowest BCUT2D eigenvalue weighted by Crippen LogP contribution is -2.19. The molecule has 1 amide bonds. The first-order valence-electron chi connectivity index (χ1n) is 5.13. The van der Waals surface area contributed by atoms with Gasteiger partial charge in [0, 0.05) is 12.4 Å². The summed E-state index contributed by atoms with van der Waals surface area (Å²) in [6.07, 6.45) is -1.65. The number of nitrogens with zero attached hydrogens (tertiary/aromatic N) is 2. The third-order valence-electron chi connectivity index (χ3n) is 2.37. The van der Waals surface area contributed by atoms with Gasteiger partial charge in [-0.2, -0.15) is 13.2 Å². The Morgan fingerprint density at radius 3 is 2.74 bits per heavy atom. The second kappa shape index (κ2) is 4.71. The quantitative estimate of drug-likeness (QED) is 0.911. The summed E-state index contributed by atoms with van der Waals surface area (Å²) >= 11 is 0. The number of rotatable bonds is 2. The van der Waals surface area contributed by atoms with Crippen LogP contribution in [0, 0.1) is 6.92 Å². The van der Waals surface area contributed by atoms with Crippen LogP contribution in [0.4, 0.5) is 18.9 Å². The number of aromatic nitrogens is 2. The zero-order valence-corrected chi connectivity index (χ0v) is 9.65. The molecule has 100 valence electrons. The second-order valence-electron chi connectivity index (χ2n) is 3.69. The summed E-state index contributed by atoms with van der Waals surface area (Å²) in [4.78, 5) is 15.3. The standard InChI is InChI=1S/C11H8F3N3O2/c1-6-9(5-19-17-6)16-10(18)7-4-15-3-2-8(7)11(12,13)14/h2-5H,1H3,(H,16,18). The molecule has 8 heteroatoms. The predicted octanol–water partition coefficient (Wildman–Crippen LogP) is 2.65. The minimum absolute atomic E-state index is 0.210. The first-order valence-corrected chi connectivity index (χ1v) is 5.13. The fourth-order valence-electron chi connectivity index (χ4n) is 1.42. The van der Waals surface area contributed by atoms with Gasteiger partial charge in [-0.15, -0.1) is 0 Å². The number of alkyl halides is 3. The van der Waals surface area contributed by atoms with Gasteiger partial charge in [0.2, 0.25) is 0 Å². The Bertz CT molecular complexity index is 607. The average molecular weight is 271 g/mol. The van der Waals surface area contributed by atoms with Gasteiger partial charge in [0.1, 0.15) is 17.6 Å². The second-order valence-corrected chi connectivity index (χ2v) is 3.69. The Labute approximate surface area is 105 Å². The van der Waals surface area contributed by atoms with E-state index in [9.17, 15) is 18.0 Å². The summed E-state index contributed by atoms with van der Waals surface area (Å²) in [5, 5.41) is 5.79. The SMILES string of the molecule is Cc1nocc1NC(=O)c1cnccc1C(F)(F)F. The molecule has 0 aliphatic rings. The number of nitrogens with one attached hydrogen (secondary N) is 1. The van der Waals surface area contributed by atoms with E-state index in [4.69, 9.17) is 0 Å². The van der Waals surface area contributed by atoms with E-state index < -0.39 is 23.2 Å². The van der Waals surface area contributed by atoms with Crippen molar-refractivity contribution in [1.29, 1.82) is 0 Å². The zero-order valence-electron chi connectivity index (χ0n) is 9.65. The first-order chi connectivity index (χ1) is 8.89. The summed E-state index contributed by atoms with van der Waals surface area (Å²) in [5.74, 6) is -0.924. The van der Waals surface area contributed by atoms with Crippen LogP contribution < -0.4 is 5.32 Å². The molecule has 0 aromatic carbocycles.